The smallest absolute Gasteiger partial charge is 0.446 e. The molecule has 4 fully saturated rings. The number of anilines is 2. The van der Waals surface area contributed by atoms with Crippen molar-refractivity contribution in [1.29, 1.82) is 0 Å². The molecule has 0 saturated carbocycles. The molecule has 29 heteroatoms. The lowest BCUT2D eigenvalue weighted by molar-refractivity contribution is -0.133. The zero-order valence-corrected chi connectivity index (χ0v) is 41.4. The van der Waals surface area contributed by atoms with Crippen molar-refractivity contribution >= 4 is 99.5 Å². The van der Waals surface area contributed by atoms with E-state index in [1.165, 1.54) is 39.5 Å². The molecule has 0 unspecified atom stereocenters. The van der Waals surface area contributed by atoms with E-state index in [2.05, 4.69) is 6.92 Å². The van der Waals surface area contributed by atoms with Gasteiger partial charge in [-0.05, 0) is 92.4 Å². The molecule has 0 aliphatic carbocycles. The fraction of sp³-hybridized carbons (Fsp3) is 0.622. The number of piperazine rings is 2. The van der Waals surface area contributed by atoms with Crippen LogP contribution in [-0.4, -0.2) is 161 Å². The van der Waals surface area contributed by atoms with Gasteiger partial charge in [0.05, 0.1) is 29.6 Å². The number of alkyl halides is 3. The van der Waals surface area contributed by atoms with Crippen molar-refractivity contribution in [2.75, 3.05) is 91.8 Å². The predicted octanol–water partition coefficient (Wildman–Crippen LogP) is 2.82. The van der Waals surface area contributed by atoms with Crippen LogP contribution < -0.4 is 25.5 Å². The van der Waals surface area contributed by atoms with Gasteiger partial charge in [-0.15, -0.1) is 24.8 Å². The molecule has 376 valence electrons. The molecular formula is C37H55Cl2F3N6O13S5. The minimum atomic E-state index is -4.39. The molecule has 2 amide bonds. The Morgan fingerprint density at radius 2 is 1.02 bits per heavy atom. The maximum Gasteiger partial charge on any atom is 0.446 e. The van der Waals surface area contributed by atoms with Crippen molar-refractivity contribution in [1.82, 2.24) is 19.6 Å². The lowest BCUT2D eigenvalue weighted by atomic mass is 10.0. The zero-order valence-electron chi connectivity index (χ0n) is 35.7. The topological polar surface area (TPSA) is 257 Å². The molecule has 4 aliphatic rings. The Bertz CT molecular complexity index is 2380. The van der Waals surface area contributed by atoms with E-state index in [4.69, 9.17) is 9.94 Å². The van der Waals surface area contributed by atoms with Crippen LogP contribution in [0.2, 0.25) is 0 Å². The number of unbranched alkanes of at least 4 members (excludes halogenated alkanes) is 1. The highest BCUT2D eigenvalue weighted by Crippen LogP contribution is 2.39. The third-order valence-electron chi connectivity index (χ3n) is 11.8. The average molecular weight is 1080 g/mol. The van der Waals surface area contributed by atoms with Crippen LogP contribution in [0, 0.1) is 0 Å². The molecule has 0 bridgehead atoms. The first-order chi connectivity index (χ1) is 29.9. The van der Waals surface area contributed by atoms with E-state index < -0.39 is 102 Å². The third-order valence-corrected chi connectivity index (χ3v) is 21.1. The first kappa shape index (κ1) is 57.5. The van der Waals surface area contributed by atoms with Crippen molar-refractivity contribution < 1.29 is 71.6 Å². The number of carbonyl (C=O) groups is 2. The number of thioether (sulfide) groups is 1. The first-order valence-corrected chi connectivity index (χ1v) is 27.7. The standard InChI is InChI=1S/C20H31N3O7S2.C17H22F3N3O6S3.2ClH/c1-2-3-14-30-18-6-4-17(5-7-18)22-10-12-23(13-11-22)32(28,29)20(19(24)21-25)8-15-31(26,27)16-9-20;18-17(19,20)30-14-3-1-13(2-4-14)22-7-9-23(10-8-22)32(28,29)16(15(24)21-25)5-11-31(26,27)12-6-16;;/h4-7,25H,2-3,8-16H2,1H3,(H,21,24);1-4,25H,5-12H2,(H,21,24);2*1H. The number of halogens is 5. The quantitative estimate of drug-likeness (QED) is 0.0974. The van der Waals surface area contributed by atoms with Crippen molar-refractivity contribution in [2.24, 2.45) is 0 Å². The summed E-state index contributed by atoms with van der Waals surface area (Å²) in [7, 11) is -15.4. The minimum absolute atomic E-state index is 0. The molecule has 2 aromatic carbocycles. The van der Waals surface area contributed by atoms with E-state index >= 15 is 0 Å². The molecule has 4 aliphatic heterocycles. The summed E-state index contributed by atoms with van der Waals surface area (Å²) >= 11 is -0.227. The molecule has 4 saturated heterocycles. The summed E-state index contributed by atoms with van der Waals surface area (Å²) in [6.07, 6.45) is 0.390. The van der Waals surface area contributed by atoms with Gasteiger partial charge in [-0.3, -0.25) is 20.0 Å². The number of benzene rings is 2. The first-order valence-electron chi connectivity index (χ1n) is 20.3. The fourth-order valence-corrected chi connectivity index (χ4v) is 16.3. The number of amides is 2. The van der Waals surface area contributed by atoms with Crippen molar-refractivity contribution in [3.8, 4) is 5.75 Å². The van der Waals surface area contributed by atoms with Crippen LogP contribution in [0.3, 0.4) is 0 Å². The van der Waals surface area contributed by atoms with Crippen LogP contribution >= 0.6 is 36.6 Å². The summed E-state index contributed by atoms with van der Waals surface area (Å²) < 4.78 is 142. The predicted molar refractivity (Wildman–Crippen MR) is 246 cm³/mol. The van der Waals surface area contributed by atoms with Crippen LogP contribution in [0.5, 0.6) is 5.75 Å². The molecule has 2 aromatic rings. The summed E-state index contributed by atoms with van der Waals surface area (Å²) in [5.41, 5.74) is -0.00951. The lowest BCUT2D eigenvalue weighted by Gasteiger charge is -2.41. The molecule has 0 atom stereocenters. The van der Waals surface area contributed by atoms with Gasteiger partial charge < -0.3 is 14.5 Å². The summed E-state index contributed by atoms with van der Waals surface area (Å²) in [5.74, 6) is -3.24. The zero-order chi connectivity index (χ0) is 47.2. The minimum Gasteiger partial charge on any atom is -0.494 e. The van der Waals surface area contributed by atoms with Crippen molar-refractivity contribution in [3.05, 3.63) is 48.5 Å². The second kappa shape index (κ2) is 23.2. The van der Waals surface area contributed by atoms with Gasteiger partial charge in [-0.25, -0.2) is 44.6 Å². The Balaban J connectivity index is 0.000000340. The lowest BCUT2D eigenvalue weighted by Crippen LogP contribution is -2.62. The number of nitrogens with zero attached hydrogens (tertiary/aromatic N) is 4. The van der Waals surface area contributed by atoms with E-state index in [1.807, 2.05) is 29.2 Å². The van der Waals surface area contributed by atoms with Gasteiger partial charge in [-0.1, -0.05) is 13.3 Å². The van der Waals surface area contributed by atoms with Gasteiger partial charge in [0.25, 0.3) is 11.8 Å². The van der Waals surface area contributed by atoms with Crippen LogP contribution in [0.4, 0.5) is 24.5 Å². The maximum absolute atomic E-state index is 13.4. The number of sulfone groups is 2. The molecule has 0 aromatic heterocycles. The molecule has 19 nitrogen and oxygen atoms in total. The Morgan fingerprint density at radius 1 is 0.667 bits per heavy atom. The average Bonchev–Trinajstić information content (AvgIpc) is 3.26. The molecule has 0 radical (unpaired) electrons. The largest absolute Gasteiger partial charge is 0.494 e. The monoisotopic (exact) mass is 1080 g/mol. The summed E-state index contributed by atoms with van der Waals surface area (Å²) in [6.45, 7) is 4.35. The molecule has 66 heavy (non-hydrogen) atoms. The highest BCUT2D eigenvalue weighted by molar-refractivity contribution is 8.00. The Hall–Kier alpha value is -2.86. The Labute approximate surface area is 399 Å². The number of carbonyl (C=O) groups excluding carboxylic acids is 2. The van der Waals surface area contributed by atoms with Crippen molar-refractivity contribution in [3.63, 3.8) is 0 Å². The SMILES string of the molecule is CCCCOc1ccc(N2CCN(S(=O)(=O)C3(C(=O)NO)CCS(=O)(=O)CC3)CC2)cc1.Cl.Cl.O=C(NO)C1(S(=O)(=O)N2CCN(c3ccc(SC(F)(F)F)cc3)CC2)CCS(=O)(=O)CC1. The number of rotatable bonds is 13. The Morgan fingerprint density at radius 3 is 1.33 bits per heavy atom. The van der Waals surface area contributed by atoms with Crippen LogP contribution in [-0.2, 0) is 49.3 Å². The van der Waals surface area contributed by atoms with Gasteiger partial charge in [0, 0.05) is 68.6 Å². The van der Waals surface area contributed by atoms with E-state index in [-0.39, 0.29) is 93.6 Å². The number of ether oxygens (including phenoxy) is 1. The number of hydroxylamine groups is 2. The fourth-order valence-electron chi connectivity index (χ4n) is 7.96. The number of hydrogen-bond acceptors (Lipinski definition) is 16. The van der Waals surface area contributed by atoms with E-state index in [9.17, 15) is 61.6 Å². The summed E-state index contributed by atoms with van der Waals surface area (Å²) in [5, 5.41) is 18.3. The van der Waals surface area contributed by atoms with Crippen LogP contribution in [0.25, 0.3) is 0 Å². The molecular weight excluding hydrogens is 1020 g/mol. The van der Waals surface area contributed by atoms with Gasteiger partial charge >= 0.3 is 5.51 Å². The molecule has 4 N–H and O–H groups in total. The second-order valence-corrected chi connectivity index (χ2v) is 25.9. The van der Waals surface area contributed by atoms with Crippen LogP contribution in [0.1, 0.15) is 45.4 Å². The second-order valence-electron chi connectivity index (χ2n) is 15.7. The Kier molecular flexibility index (Phi) is 20.2. The van der Waals surface area contributed by atoms with Crippen LogP contribution in [0.15, 0.2) is 53.4 Å². The summed E-state index contributed by atoms with van der Waals surface area (Å²) in [4.78, 5) is 28.7. The highest BCUT2D eigenvalue weighted by Gasteiger charge is 2.57. The normalized spacial score (nSPS) is 20.8. The van der Waals surface area contributed by atoms with E-state index in [0.717, 1.165) is 28.6 Å². The maximum atomic E-state index is 13.4. The molecule has 4 heterocycles. The van der Waals surface area contributed by atoms with E-state index in [0.29, 0.717) is 25.4 Å². The highest BCUT2D eigenvalue weighted by atomic mass is 35.5. The van der Waals surface area contributed by atoms with E-state index in [1.54, 1.807) is 4.90 Å². The molecule has 6 rings (SSSR count). The number of sulfonamides is 2. The number of hydrogen-bond donors (Lipinski definition) is 4. The van der Waals surface area contributed by atoms with Gasteiger partial charge in [0.1, 0.15) is 25.4 Å². The van der Waals surface area contributed by atoms with Gasteiger partial charge in [0.15, 0.2) is 9.49 Å². The third kappa shape index (κ3) is 13.3. The van der Waals surface area contributed by atoms with Gasteiger partial charge in [0.2, 0.25) is 20.0 Å². The molecule has 0 spiro atoms. The van der Waals surface area contributed by atoms with Gasteiger partial charge in [-0.2, -0.15) is 21.8 Å². The summed E-state index contributed by atoms with van der Waals surface area (Å²) in [6, 6.07) is 13.3. The van der Waals surface area contributed by atoms with Crippen molar-refractivity contribution in [2.45, 2.75) is 65.3 Å². The number of nitrogens with one attached hydrogen (secondary N) is 2.